The maximum absolute atomic E-state index is 12.3. The molecule has 0 radical (unpaired) electrons. The predicted molar refractivity (Wildman–Crippen MR) is 84.7 cm³/mol. The molecular weight excluding hydrogens is 292 g/mol. The molecule has 0 aromatic heterocycles. The molecule has 2 rings (SSSR count). The molecule has 1 aliphatic heterocycles. The van der Waals surface area contributed by atoms with Crippen LogP contribution in [0.1, 0.15) is 12.0 Å². The first-order chi connectivity index (χ1) is 9.53. The third-order valence-corrected chi connectivity index (χ3v) is 6.62. The van der Waals surface area contributed by atoms with Crippen molar-refractivity contribution in [3.05, 3.63) is 29.8 Å². The summed E-state index contributed by atoms with van der Waals surface area (Å²) >= 11 is 1.94. The second-order valence-electron chi connectivity index (χ2n) is 5.16. The number of hydrogen-bond acceptors (Lipinski definition) is 5. The van der Waals surface area contributed by atoms with Crippen molar-refractivity contribution in [2.24, 2.45) is 5.73 Å². The predicted octanol–water partition coefficient (Wildman–Crippen LogP) is 1.36. The van der Waals surface area contributed by atoms with Crippen LogP contribution in [0.3, 0.4) is 0 Å². The van der Waals surface area contributed by atoms with Crippen molar-refractivity contribution in [3.63, 3.8) is 0 Å². The minimum absolute atomic E-state index is 0.173. The van der Waals surface area contributed by atoms with Crippen LogP contribution in [0, 0.1) is 0 Å². The average molecular weight is 314 g/mol. The fourth-order valence-corrected chi connectivity index (χ4v) is 4.88. The van der Waals surface area contributed by atoms with Gasteiger partial charge in [-0.3, -0.25) is 0 Å². The largest absolute Gasteiger partial charge is 0.326 e. The molecule has 1 aromatic carbocycles. The maximum Gasteiger partial charge on any atom is 0.179 e. The molecule has 4 nitrogen and oxygen atoms in total. The third-order valence-electron chi connectivity index (χ3n) is 3.76. The van der Waals surface area contributed by atoms with Crippen LogP contribution in [0.15, 0.2) is 29.2 Å². The number of sulfone groups is 1. The standard InChI is InChI=1S/C14H22N2O2S2/c1-16(13-6-8-19-11-13)7-9-20(17,18)14-4-2-12(10-15)3-5-14/h2-5,13H,6-11,15H2,1H3. The van der Waals surface area contributed by atoms with Crippen molar-refractivity contribution in [2.75, 3.05) is 30.9 Å². The van der Waals surface area contributed by atoms with Gasteiger partial charge in [-0.25, -0.2) is 8.42 Å². The van der Waals surface area contributed by atoms with Crippen molar-refractivity contribution in [1.82, 2.24) is 4.90 Å². The lowest BCUT2D eigenvalue weighted by Gasteiger charge is -2.23. The van der Waals surface area contributed by atoms with Crippen molar-refractivity contribution >= 4 is 21.6 Å². The summed E-state index contributed by atoms with van der Waals surface area (Å²) in [6.45, 7) is 1.02. The zero-order valence-corrected chi connectivity index (χ0v) is 13.4. The zero-order valence-electron chi connectivity index (χ0n) is 11.8. The lowest BCUT2D eigenvalue weighted by Crippen LogP contribution is -2.35. The van der Waals surface area contributed by atoms with Gasteiger partial charge in [0.25, 0.3) is 0 Å². The molecule has 0 saturated carbocycles. The van der Waals surface area contributed by atoms with Gasteiger partial charge in [-0.15, -0.1) is 0 Å². The molecule has 2 N–H and O–H groups in total. The van der Waals surface area contributed by atoms with Crippen molar-refractivity contribution < 1.29 is 8.42 Å². The van der Waals surface area contributed by atoms with Gasteiger partial charge in [0.1, 0.15) is 0 Å². The van der Waals surface area contributed by atoms with E-state index in [0.29, 0.717) is 24.0 Å². The summed E-state index contributed by atoms with van der Waals surface area (Å²) in [5.74, 6) is 2.47. The second-order valence-corrected chi connectivity index (χ2v) is 8.42. The molecule has 1 fully saturated rings. The van der Waals surface area contributed by atoms with Crippen LogP contribution in [0.25, 0.3) is 0 Å². The smallest absolute Gasteiger partial charge is 0.179 e. The van der Waals surface area contributed by atoms with E-state index in [9.17, 15) is 8.42 Å². The Morgan fingerprint density at radius 2 is 2.05 bits per heavy atom. The number of nitrogens with two attached hydrogens (primary N) is 1. The van der Waals surface area contributed by atoms with Gasteiger partial charge < -0.3 is 10.6 Å². The van der Waals surface area contributed by atoms with E-state index in [1.165, 1.54) is 5.75 Å². The van der Waals surface area contributed by atoms with Gasteiger partial charge in [0.2, 0.25) is 0 Å². The Morgan fingerprint density at radius 3 is 2.60 bits per heavy atom. The summed E-state index contributed by atoms with van der Waals surface area (Å²) in [5, 5.41) is 0. The lowest BCUT2D eigenvalue weighted by molar-refractivity contribution is 0.277. The highest BCUT2D eigenvalue weighted by atomic mass is 32.2. The quantitative estimate of drug-likeness (QED) is 0.859. The van der Waals surface area contributed by atoms with E-state index in [4.69, 9.17) is 5.73 Å². The van der Waals surface area contributed by atoms with Gasteiger partial charge in [0.05, 0.1) is 10.6 Å². The number of nitrogens with zero attached hydrogens (tertiary/aromatic N) is 1. The van der Waals surface area contributed by atoms with E-state index in [-0.39, 0.29) is 5.75 Å². The minimum atomic E-state index is -3.20. The second kappa shape index (κ2) is 6.93. The highest BCUT2D eigenvalue weighted by Crippen LogP contribution is 2.21. The molecule has 1 unspecified atom stereocenters. The first-order valence-electron chi connectivity index (χ1n) is 6.82. The first-order valence-corrected chi connectivity index (χ1v) is 9.63. The van der Waals surface area contributed by atoms with Crippen LogP contribution < -0.4 is 5.73 Å². The van der Waals surface area contributed by atoms with Crippen LogP contribution in [0.5, 0.6) is 0 Å². The van der Waals surface area contributed by atoms with Gasteiger partial charge in [-0.2, -0.15) is 11.8 Å². The Labute approximate surface area is 125 Å². The molecule has 1 aromatic rings. The summed E-state index contributed by atoms with van der Waals surface area (Å²) < 4.78 is 24.6. The third kappa shape index (κ3) is 3.97. The fourth-order valence-electron chi connectivity index (χ4n) is 2.27. The Balaban J connectivity index is 1.95. The van der Waals surface area contributed by atoms with Crippen molar-refractivity contribution in [1.29, 1.82) is 0 Å². The number of hydrogen-bond donors (Lipinski definition) is 1. The Morgan fingerprint density at radius 1 is 1.35 bits per heavy atom. The van der Waals surface area contributed by atoms with Crippen LogP contribution in [-0.2, 0) is 16.4 Å². The molecule has 0 spiro atoms. The summed E-state index contributed by atoms with van der Waals surface area (Å²) in [4.78, 5) is 2.56. The van der Waals surface area contributed by atoms with Gasteiger partial charge in [0, 0.05) is 24.9 Å². The Bertz CT molecular complexity index is 523. The molecule has 112 valence electrons. The molecule has 6 heteroatoms. The number of thioether (sulfide) groups is 1. The van der Waals surface area contributed by atoms with E-state index in [1.54, 1.807) is 24.3 Å². The molecule has 0 aliphatic carbocycles. The average Bonchev–Trinajstić information content (AvgIpc) is 2.99. The van der Waals surface area contributed by atoms with Crippen LogP contribution in [0.4, 0.5) is 0 Å². The highest BCUT2D eigenvalue weighted by molar-refractivity contribution is 7.99. The van der Waals surface area contributed by atoms with Crippen LogP contribution >= 0.6 is 11.8 Å². The van der Waals surface area contributed by atoms with E-state index in [2.05, 4.69) is 4.90 Å². The SMILES string of the molecule is CN(CCS(=O)(=O)c1ccc(CN)cc1)C1CCSC1. The summed E-state index contributed by atoms with van der Waals surface area (Å²) in [5.41, 5.74) is 6.47. The molecular formula is C14H22N2O2S2. The molecule has 1 atom stereocenters. The summed E-state index contributed by atoms with van der Waals surface area (Å²) in [6, 6.07) is 7.40. The molecule has 0 bridgehead atoms. The normalized spacial score (nSPS) is 19.6. The van der Waals surface area contributed by atoms with Crippen LogP contribution in [0.2, 0.25) is 0 Å². The lowest BCUT2D eigenvalue weighted by atomic mass is 10.2. The molecule has 1 aliphatic rings. The van der Waals surface area contributed by atoms with Gasteiger partial charge in [0.15, 0.2) is 9.84 Å². The fraction of sp³-hybridized carbons (Fsp3) is 0.571. The van der Waals surface area contributed by atoms with Crippen LogP contribution in [-0.4, -0.2) is 50.2 Å². The van der Waals surface area contributed by atoms with Gasteiger partial charge in [-0.1, -0.05) is 12.1 Å². The number of rotatable bonds is 6. The van der Waals surface area contributed by atoms with Gasteiger partial charge in [-0.05, 0) is 36.9 Å². The molecule has 1 saturated heterocycles. The summed E-state index contributed by atoms with van der Waals surface area (Å²) in [7, 11) is -1.18. The monoisotopic (exact) mass is 314 g/mol. The molecule has 1 heterocycles. The van der Waals surface area contributed by atoms with Crippen molar-refractivity contribution in [2.45, 2.75) is 23.9 Å². The topological polar surface area (TPSA) is 63.4 Å². The molecule has 20 heavy (non-hydrogen) atoms. The van der Waals surface area contributed by atoms with E-state index in [0.717, 1.165) is 17.7 Å². The molecule has 0 amide bonds. The first kappa shape index (κ1) is 15.8. The summed E-state index contributed by atoms with van der Waals surface area (Å²) in [6.07, 6.45) is 1.16. The van der Waals surface area contributed by atoms with E-state index < -0.39 is 9.84 Å². The zero-order chi connectivity index (χ0) is 14.6. The Hall–Kier alpha value is -0.560. The highest BCUT2D eigenvalue weighted by Gasteiger charge is 2.22. The van der Waals surface area contributed by atoms with Crippen molar-refractivity contribution in [3.8, 4) is 0 Å². The van der Waals surface area contributed by atoms with Gasteiger partial charge >= 0.3 is 0 Å². The number of benzene rings is 1. The maximum atomic E-state index is 12.3. The van der Waals surface area contributed by atoms with E-state index in [1.807, 2.05) is 18.8 Å². The van der Waals surface area contributed by atoms with E-state index >= 15 is 0 Å². The minimum Gasteiger partial charge on any atom is -0.326 e. The Kier molecular flexibility index (Phi) is 5.49.